The third-order valence-corrected chi connectivity index (χ3v) is 4.33. The highest BCUT2D eigenvalue weighted by atomic mass is 16.5. The summed E-state index contributed by atoms with van der Waals surface area (Å²) in [5, 5.41) is 0. The molecule has 1 aliphatic heterocycles. The van der Waals surface area contributed by atoms with Crippen molar-refractivity contribution < 1.29 is 4.74 Å². The van der Waals surface area contributed by atoms with E-state index in [0.29, 0.717) is 0 Å². The molecular formula is C18H22N2O. The molecule has 0 saturated heterocycles. The van der Waals surface area contributed by atoms with Gasteiger partial charge in [-0.15, -0.1) is 0 Å². The lowest BCUT2D eigenvalue weighted by Crippen LogP contribution is -2.30. The lowest BCUT2D eigenvalue weighted by atomic mass is 9.95. The molecule has 3 N–H and O–H groups in total. The fourth-order valence-electron chi connectivity index (χ4n) is 2.94. The number of benzene rings is 2. The zero-order valence-corrected chi connectivity index (χ0v) is 12.6. The quantitative estimate of drug-likeness (QED) is 0.669. The Balaban J connectivity index is 1.89. The minimum absolute atomic E-state index is 0.0696. The van der Waals surface area contributed by atoms with Gasteiger partial charge in [-0.25, -0.2) is 0 Å². The van der Waals surface area contributed by atoms with E-state index in [1.54, 1.807) is 0 Å². The van der Waals surface area contributed by atoms with Gasteiger partial charge in [0, 0.05) is 12.0 Å². The molecule has 110 valence electrons. The molecule has 0 amide bonds. The molecule has 0 aromatic heterocycles. The number of fused-ring (bicyclic) bond motifs is 1. The fraction of sp³-hybridized carbons (Fsp3) is 0.333. The Hall–Kier alpha value is -1.84. The zero-order valence-electron chi connectivity index (χ0n) is 12.6. The molecule has 1 atom stereocenters. The molecule has 2 aromatic carbocycles. The number of rotatable bonds is 4. The molecule has 1 heterocycles. The SMILES string of the molecule is Cc1ccc(CC(NN)c2cccc3c2OCC3)cc1C. The summed E-state index contributed by atoms with van der Waals surface area (Å²) in [6.07, 6.45) is 1.85. The van der Waals surface area contributed by atoms with Crippen LogP contribution in [0.1, 0.15) is 33.9 Å². The normalized spacial score (nSPS) is 14.6. The number of nitrogens with two attached hydrogens (primary N) is 1. The van der Waals surface area contributed by atoms with E-state index in [-0.39, 0.29) is 6.04 Å². The van der Waals surface area contributed by atoms with E-state index in [4.69, 9.17) is 10.6 Å². The van der Waals surface area contributed by atoms with Gasteiger partial charge in [0.15, 0.2) is 0 Å². The highest BCUT2D eigenvalue weighted by Crippen LogP contribution is 2.34. The van der Waals surface area contributed by atoms with Gasteiger partial charge in [-0.3, -0.25) is 11.3 Å². The molecule has 0 fully saturated rings. The van der Waals surface area contributed by atoms with Crippen molar-refractivity contribution in [3.8, 4) is 5.75 Å². The topological polar surface area (TPSA) is 47.3 Å². The number of para-hydroxylation sites is 1. The summed E-state index contributed by atoms with van der Waals surface area (Å²) in [6, 6.07) is 13.0. The van der Waals surface area contributed by atoms with Crippen LogP contribution in [-0.4, -0.2) is 6.61 Å². The summed E-state index contributed by atoms with van der Waals surface area (Å²) >= 11 is 0. The molecule has 1 aliphatic rings. The first-order chi connectivity index (χ1) is 10.2. The number of hydrogen-bond acceptors (Lipinski definition) is 3. The second kappa shape index (κ2) is 5.88. The number of hydrazine groups is 1. The number of nitrogens with one attached hydrogen (secondary N) is 1. The summed E-state index contributed by atoms with van der Waals surface area (Å²) in [5.41, 5.74) is 9.32. The van der Waals surface area contributed by atoms with Crippen molar-refractivity contribution in [2.45, 2.75) is 32.7 Å². The molecule has 3 rings (SSSR count). The minimum Gasteiger partial charge on any atom is -0.493 e. The molecular weight excluding hydrogens is 260 g/mol. The van der Waals surface area contributed by atoms with E-state index in [0.717, 1.165) is 30.8 Å². The predicted molar refractivity (Wildman–Crippen MR) is 85.3 cm³/mol. The van der Waals surface area contributed by atoms with Crippen LogP contribution in [0, 0.1) is 13.8 Å². The van der Waals surface area contributed by atoms with Crippen molar-refractivity contribution in [2.75, 3.05) is 6.61 Å². The highest BCUT2D eigenvalue weighted by molar-refractivity contribution is 5.46. The van der Waals surface area contributed by atoms with Crippen molar-refractivity contribution in [3.05, 3.63) is 64.2 Å². The lowest BCUT2D eigenvalue weighted by Gasteiger charge is -2.19. The van der Waals surface area contributed by atoms with Gasteiger partial charge in [-0.05, 0) is 42.5 Å². The molecule has 0 aliphatic carbocycles. The summed E-state index contributed by atoms with van der Waals surface area (Å²) in [5.74, 6) is 6.83. The van der Waals surface area contributed by atoms with Crippen molar-refractivity contribution in [1.82, 2.24) is 5.43 Å². The average Bonchev–Trinajstić information content (AvgIpc) is 2.97. The zero-order chi connectivity index (χ0) is 14.8. The lowest BCUT2D eigenvalue weighted by molar-refractivity contribution is 0.348. The van der Waals surface area contributed by atoms with Gasteiger partial charge in [0.2, 0.25) is 0 Å². The van der Waals surface area contributed by atoms with Crippen molar-refractivity contribution in [1.29, 1.82) is 0 Å². The van der Waals surface area contributed by atoms with Crippen molar-refractivity contribution in [2.24, 2.45) is 5.84 Å². The molecule has 2 aromatic rings. The maximum atomic E-state index is 5.81. The Morgan fingerprint density at radius 1 is 1.19 bits per heavy atom. The monoisotopic (exact) mass is 282 g/mol. The van der Waals surface area contributed by atoms with Crippen LogP contribution in [0.25, 0.3) is 0 Å². The van der Waals surface area contributed by atoms with Crippen LogP contribution in [0.15, 0.2) is 36.4 Å². The fourth-order valence-corrected chi connectivity index (χ4v) is 2.94. The first-order valence-corrected chi connectivity index (χ1v) is 7.46. The van der Waals surface area contributed by atoms with Crippen molar-refractivity contribution >= 4 is 0 Å². The Labute approximate surface area is 126 Å². The standard InChI is InChI=1S/C18H22N2O/c1-12-6-7-14(10-13(12)2)11-17(20-19)16-5-3-4-15-8-9-21-18(15)16/h3-7,10,17,20H,8-9,11,19H2,1-2H3. The second-order valence-electron chi connectivity index (χ2n) is 5.78. The van der Waals surface area contributed by atoms with E-state index in [1.807, 2.05) is 0 Å². The van der Waals surface area contributed by atoms with Crippen LogP contribution in [0.4, 0.5) is 0 Å². The van der Waals surface area contributed by atoms with E-state index >= 15 is 0 Å². The number of hydrogen-bond donors (Lipinski definition) is 2. The number of ether oxygens (including phenoxy) is 1. The highest BCUT2D eigenvalue weighted by Gasteiger charge is 2.21. The first kappa shape index (κ1) is 14.1. The minimum atomic E-state index is 0.0696. The van der Waals surface area contributed by atoms with Crippen LogP contribution in [-0.2, 0) is 12.8 Å². The molecule has 1 unspecified atom stereocenters. The maximum absolute atomic E-state index is 5.81. The third kappa shape index (κ3) is 2.80. The molecule has 3 nitrogen and oxygen atoms in total. The van der Waals surface area contributed by atoms with E-state index in [2.05, 4.69) is 55.7 Å². The summed E-state index contributed by atoms with van der Waals surface area (Å²) in [4.78, 5) is 0. The van der Waals surface area contributed by atoms with Gasteiger partial charge in [0.25, 0.3) is 0 Å². The summed E-state index contributed by atoms with van der Waals surface area (Å²) in [6.45, 7) is 5.05. The average molecular weight is 282 g/mol. The van der Waals surface area contributed by atoms with Crippen LogP contribution >= 0.6 is 0 Å². The molecule has 0 spiro atoms. The van der Waals surface area contributed by atoms with Crippen LogP contribution in [0.5, 0.6) is 5.75 Å². The number of aryl methyl sites for hydroxylation is 2. The van der Waals surface area contributed by atoms with Gasteiger partial charge in [0.05, 0.1) is 12.6 Å². The van der Waals surface area contributed by atoms with Crippen LogP contribution < -0.4 is 16.0 Å². The van der Waals surface area contributed by atoms with E-state index in [9.17, 15) is 0 Å². The van der Waals surface area contributed by atoms with Gasteiger partial charge in [-0.2, -0.15) is 0 Å². The molecule has 21 heavy (non-hydrogen) atoms. The van der Waals surface area contributed by atoms with E-state index < -0.39 is 0 Å². The predicted octanol–water partition coefficient (Wildman–Crippen LogP) is 2.99. The smallest absolute Gasteiger partial charge is 0.127 e. The third-order valence-electron chi connectivity index (χ3n) is 4.33. The summed E-state index contributed by atoms with van der Waals surface area (Å²) < 4.78 is 5.80. The molecule has 3 heteroatoms. The Bertz CT molecular complexity index is 652. The first-order valence-electron chi connectivity index (χ1n) is 7.46. The van der Waals surface area contributed by atoms with Gasteiger partial charge >= 0.3 is 0 Å². The van der Waals surface area contributed by atoms with Gasteiger partial charge in [-0.1, -0.05) is 36.4 Å². The van der Waals surface area contributed by atoms with Gasteiger partial charge in [0.1, 0.15) is 5.75 Å². The Morgan fingerprint density at radius 2 is 2.05 bits per heavy atom. The molecule has 0 radical (unpaired) electrons. The Morgan fingerprint density at radius 3 is 2.81 bits per heavy atom. The van der Waals surface area contributed by atoms with Gasteiger partial charge < -0.3 is 4.74 Å². The van der Waals surface area contributed by atoms with Crippen LogP contribution in [0.2, 0.25) is 0 Å². The molecule has 0 saturated carbocycles. The molecule has 0 bridgehead atoms. The van der Waals surface area contributed by atoms with Crippen molar-refractivity contribution in [3.63, 3.8) is 0 Å². The maximum Gasteiger partial charge on any atom is 0.127 e. The second-order valence-corrected chi connectivity index (χ2v) is 5.78. The summed E-state index contributed by atoms with van der Waals surface area (Å²) in [7, 11) is 0. The van der Waals surface area contributed by atoms with Crippen LogP contribution in [0.3, 0.4) is 0 Å². The Kier molecular flexibility index (Phi) is 3.95. The largest absolute Gasteiger partial charge is 0.493 e. The van der Waals surface area contributed by atoms with E-state index in [1.165, 1.54) is 22.3 Å².